The van der Waals surface area contributed by atoms with Crippen molar-refractivity contribution in [3.8, 4) is 0 Å². The number of hydrogen-bond donors (Lipinski definition) is 2. The molecule has 0 amide bonds. The molecule has 11 heavy (non-hydrogen) atoms. The van der Waals surface area contributed by atoms with Crippen molar-refractivity contribution >= 4 is 9.28 Å². The molecule has 0 saturated heterocycles. The predicted molar refractivity (Wildman–Crippen MR) is 47.4 cm³/mol. The molecule has 0 aliphatic rings. The second kappa shape index (κ2) is 6.75. The van der Waals surface area contributed by atoms with E-state index in [4.69, 9.17) is 14.7 Å². The fourth-order valence-electron chi connectivity index (χ4n) is 0.874. The Morgan fingerprint density at radius 3 is 2.27 bits per heavy atom. The van der Waals surface area contributed by atoms with Crippen LogP contribution >= 0.6 is 0 Å². The molecule has 0 aliphatic heterocycles. The average Bonchev–Trinajstić information content (AvgIpc) is 2.07. The van der Waals surface area contributed by atoms with E-state index in [1.54, 1.807) is 14.2 Å². The zero-order valence-corrected chi connectivity index (χ0v) is 8.62. The highest BCUT2D eigenvalue weighted by molar-refractivity contribution is 6.44. The molecule has 0 aliphatic carbocycles. The number of rotatable bonds is 6. The monoisotopic (exact) mass is 178 g/mol. The van der Waals surface area contributed by atoms with Crippen molar-refractivity contribution in [2.45, 2.75) is 25.4 Å². The van der Waals surface area contributed by atoms with Crippen LogP contribution in [0.3, 0.4) is 0 Å². The summed E-state index contributed by atoms with van der Waals surface area (Å²) in [5.74, 6) is 5.30. The molecule has 4 nitrogen and oxygen atoms in total. The van der Waals surface area contributed by atoms with Crippen LogP contribution in [0.4, 0.5) is 0 Å². The minimum Gasteiger partial charge on any atom is -0.400 e. The summed E-state index contributed by atoms with van der Waals surface area (Å²) < 4.78 is 10.3. The van der Waals surface area contributed by atoms with Gasteiger partial charge in [-0.1, -0.05) is 6.92 Å². The summed E-state index contributed by atoms with van der Waals surface area (Å²) >= 11 is 0. The van der Waals surface area contributed by atoms with E-state index >= 15 is 0 Å². The molecule has 1 unspecified atom stereocenters. The Balaban J connectivity index is 3.58. The predicted octanol–water partition coefficient (Wildman–Crippen LogP) is -0.258. The second-order valence-corrected chi connectivity index (χ2v) is 4.68. The van der Waals surface area contributed by atoms with Crippen LogP contribution in [0.2, 0.25) is 6.04 Å². The largest absolute Gasteiger partial charge is 0.400 e. The van der Waals surface area contributed by atoms with Crippen molar-refractivity contribution in [1.29, 1.82) is 0 Å². The molecule has 5 heteroatoms. The van der Waals surface area contributed by atoms with Crippen LogP contribution in [-0.2, 0) is 8.85 Å². The smallest absolute Gasteiger partial charge is 0.322 e. The average molecular weight is 178 g/mol. The van der Waals surface area contributed by atoms with Gasteiger partial charge >= 0.3 is 9.28 Å². The van der Waals surface area contributed by atoms with Crippen LogP contribution in [0, 0.1) is 0 Å². The van der Waals surface area contributed by atoms with Gasteiger partial charge in [-0.3, -0.25) is 11.3 Å². The summed E-state index contributed by atoms with van der Waals surface area (Å²) in [6, 6.07) is 1.24. The van der Waals surface area contributed by atoms with Gasteiger partial charge in [-0.15, -0.1) is 0 Å². The SMILES string of the molecule is CCC(C[SiH](OC)OC)NN. The van der Waals surface area contributed by atoms with Crippen LogP contribution in [0.1, 0.15) is 13.3 Å². The molecule has 0 aromatic rings. The van der Waals surface area contributed by atoms with Crippen LogP contribution in [0.5, 0.6) is 0 Å². The Labute approximate surface area is 69.9 Å². The van der Waals surface area contributed by atoms with Crippen LogP contribution < -0.4 is 11.3 Å². The lowest BCUT2D eigenvalue weighted by molar-refractivity contribution is 0.271. The molecule has 0 saturated carbocycles. The Hall–Kier alpha value is 0.0569. The standard InChI is InChI=1S/C6H18N2O2Si/c1-4-6(8-7)5-11(9-2)10-3/h6,8,11H,4-5,7H2,1-3H3. The van der Waals surface area contributed by atoms with Crippen molar-refractivity contribution in [2.24, 2.45) is 5.84 Å². The molecular weight excluding hydrogens is 160 g/mol. The van der Waals surface area contributed by atoms with Crippen LogP contribution in [-0.4, -0.2) is 29.5 Å². The lowest BCUT2D eigenvalue weighted by atomic mass is 10.3. The summed E-state index contributed by atoms with van der Waals surface area (Å²) in [5.41, 5.74) is 2.73. The van der Waals surface area contributed by atoms with Crippen molar-refractivity contribution in [3.05, 3.63) is 0 Å². The molecule has 0 aromatic carbocycles. The van der Waals surface area contributed by atoms with Gasteiger partial charge in [0.25, 0.3) is 0 Å². The van der Waals surface area contributed by atoms with Gasteiger partial charge in [-0.25, -0.2) is 0 Å². The first kappa shape index (κ1) is 11.1. The minimum atomic E-state index is -1.43. The third-order valence-electron chi connectivity index (χ3n) is 1.73. The van der Waals surface area contributed by atoms with Gasteiger partial charge in [0, 0.05) is 26.3 Å². The molecule has 0 bridgehead atoms. The fraction of sp³-hybridized carbons (Fsp3) is 1.00. The summed E-state index contributed by atoms with van der Waals surface area (Å²) in [5, 5.41) is 0. The highest BCUT2D eigenvalue weighted by Gasteiger charge is 2.15. The molecule has 0 spiro atoms. The molecule has 68 valence electrons. The molecule has 0 fully saturated rings. The van der Waals surface area contributed by atoms with Gasteiger partial charge in [0.2, 0.25) is 0 Å². The lowest BCUT2D eigenvalue weighted by Gasteiger charge is -2.17. The van der Waals surface area contributed by atoms with Gasteiger partial charge < -0.3 is 8.85 Å². The molecule has 3 N–H and O–H groups in total. The van der Waals surface area contributed by atoms with Crippen molar-refractivity contribution in [2.75, 3.05) is 14.2 Å². The molecule has 0 heterocycles. The molecular formula is C6H18N2O2Si. The maximum atomic E-state index is 5.30. The van der Waals surface area contributed by atoms with E-state index < -0.39 is 9.28 Å². The lowest BCUT2D eigenvalue weighted by Crippen LogP contribution is -2.39. The maximum Gasteiger partial charge on any atom is 0.322 e. The number of nitrogens with one attached hydrogen (secondary N) is 1. The highest BCUT2D eigenvalue weighted by atomic mass is 28.3. The van der Waals surface area contributed by atoms with Gasteiger partial charge in [0.1, 0.15) is 0 Å². The molecule has 0 radical (unpaired) electrons. The van der Waals surface area contributed by atoms with Crippen molar-refractivity contribution in [3.63, 3.8) is 0 Å². The first-order chi connectivity index (χ1) is 5.28. The Morgan fingerprint density at radius 1 is 1.45 bits per heavy atom. The first-order valence-corrected chi connectivity index (χ1v) is 5.56. The quantitative estimate of drug-likeness (QED) is 0.334. The highest BCUT2D eigenvalue weighted by Crippen LogP contribution is 2.02. The van der Waals surface area contributed by atoms with E-state index in [0.717, 1.165) is 12.5 Å². The van der Waals surface area contributed by atoms with Gasteiger partial charge in [0.15, 0.2) is 0 Å². The zero-order chi connectivity index (χ0) is 8.69. The van der Waals surface area contributed by atoms with E-state index in [1.807, 2.05) is 0 Å². The summed E-state index contributed by atoms with van der Waals surface area (Å²) in [7, 11) is 1.94. The van der Waals surface area contributed by atoms with Gasteiger partial charge in [-0.05, 0) is 6.42 Å². The van der Waals surface area contributed by atoms with Gasteiger partial charge in [-0.2, -0.15) is 0 Å². The van der Waals surface area contributed by atoms with Crippen LogP contribution in [0.25, 0.3) is 0 Å². The normalized spacial score (nSPS) is 13.9. The van der Waals surface area contributed by atoms with Gasteiger partial charge in [0.05, 0.1) is 0 Å². The Morgan fingerprint density at radius 2 is 2.00 bits per heavy atom. The topological polar surface area (TPSA) is 56.5 Å². The molecule has 0 rings (SSSR count). The Bertz CT molecular complexity index is 76.7. The Kier molecular flexibility index (Phi) is 6.78. The number of hydrazine groups is 1. The maximum absolute atomic E-state index is 5.30. The van der Waals surface area contributed by atoms with Crippen LogP contribution in [0.15, 0.2) is 0 Å². The van der Waals surface area contributed by atoms with E-state index in [1.165, 1.54) is 0 Å². The fourth-order valence-corrected chi connectivity index (χ4v) is 2.38. The summed E-state index contributed by atoms with van der Waals surface area (Å²) in [6.07, 6.45) is 1.01. The summed E-state index contributed by atoms with van der Waals surface area (Å²) in [4.78, 5) is 0. The molecule has 0 aromatic heterocycles. The molecule has 1 atom stereocenters. The van der Waals surface area contributed by atoms with E-state index in [2.05, 4.69) is 12.3 Å². The summed E-state index contributed by atoms with van der Waals surface area (Å²) in [6.45, 7) is 2.08. The van der Waals surface area contributed by atoms with E-state index in [9.17, 15) is 0 Å². The van der Waals surface area contributed by atoms with E-state index in [-0.39, 0.29) is 0 Å². The van der Waals surface area contributed by atoms with Crippen molar-refractivity contribution in [1.82, 2.24) is 5.43 Å². The zero-order valence-electron chi connectivity index (χ0n) is 7.46. The third-order valence-corrected chi connectivity index (χ3v) is 3.74. The van der Waals surface area contributed by atoms with Crippen molar-refractivity contribution < 1.29 is 8.85 Å². The third kappa shape index (κ3) is 4.49. The first-order valence-electron chi connectivity index (χ1n) is 3.80. The number of nitrogens with two attached hydrogens (primary N) is 1. The van der Waals surface area contributed by atoms with E-state index in [0.29, 0.717) is 6.04 Å². The minimum absolute atomic E-state index is 0.326. The second-order valence-electron chi connectivity index (χ2n) is 2.41. The number of hydrogen-bond acceptors (Lipinski definition) is 4.